The van der Waals surface area contributed by atoms with Crippen LogP contribution in [0.1, 0.15) is 18.4 Å². The zero-order chi connectivity index (χ0) is 26.3. The lowest BCUT2D eigenvalue weighted by atomic mass is 10.0. The summed E-state index contributed by atoms with van der Waals surface area (Å²) < 4.78 is 20.4. The van der Waals surface area contributed by atoms with Crippen LogP contribution in [0.2, 0.25) is 0 Å². The number of aromatic nitrogens is 7. The Bertz CT molecular complexity index is 1800. The van der Waals surface area contributed by atoms with Crippen molar-refractivity contribution < 1.29 is 9.13 Å². The number of pyridine rings is 3. The fourth-order valence-corrected chi connectivity index (χ4v) is 5.15. The summed E-state index contributed by atoms with van der Waals surface area (Å²) in [5.74, 6) is 1.03. The summed E-state index contributed by atoms with van der Waals surface area (Å²) in [5, 5.41) is 11.6. The zero-order valence-corrected chi connectivity index (χ0v) is 21.2. The molecule has 9 nitrogen and oxygen atoms in total. The Balaban J connectivity index is 1.26. The van der Waals surface area contributed by atoms with Crippen LogP contribution in [0.5, 0.6) is 5.75 Å². The number of hydrogen-bond donors (Lipinski definition) is 3. The third-order valence-corrected chi connectivity index (χ3v) is 7.03. The molecule has 1 aliphatic rings. The van der Waals surface area contributed by atoms with Crippen LogP contribution in [0, 0.1) is 12.7 Å². The number of rotatable bonds is 5. The Morgan fingerprint density at radius 2 is 1.79 bits per heavy atom. The highest BCUT2D eigenvalue weighted by molar-refractivity contribution is 5.96. The van der Waals surface area contributed by atoms with Gasteiger partial charge >= 0.3 is 0 Å². The lowest BCUT2D eigenvalue weighted by Gasteiger charge is -2.23. The average molecular weight is 521 g/mol. The number of nitrogens with one attached hydrogen (secondary N) is 3. The standard InChI is InChI=1S/C29H25FN8O/c1-16-8-17(10-20(30)9-16)23-4-7-33-28-25(23)35-29(36-28)26-24-12-19(14-34-27(24)38-37-26)18-11-22(15-32-13-18)39-21-2-5-31-6-3-21/h4,7-15,21,31H,2-3,5-6H2,1H3,(H,33,35,36)(H,34,37,38). The van der Waals surface area contributed by atoms with Crippen LogP contribution in [-0.2, 0) is 0 Å². The Morgan fingerprint density at radius 3 is 2.67 bits per heavy atom. The average Bonchev–Trinajstić information content (AvgIpc) is 3.57. The number of halogens is 1. The molecule has 1 aromatic carbocycles. The van der Waals surface area contributed by atoms with E-state index in [2.05, 4.69) is 35.5 Å². The highest BCUT2D eigenvalue weighted by Crippen LogP contribution is 2.33. The number of imidazole rings is 1. The van der Waals surface area contributed by atoms with Gasteiger partial charge in [0.1, 0.15) is 23.4 Å². The second-order valence-corrected chi connectivity index (χ2v) is 9.83. The van der Waals surface area contributed by atoms with Crippen molar-refractivity contribution in [2.24, 2.45) is 0 Å². The first kappa shape index (κ1) is 23.4. The van der Waals surface area contributed by atoms with E-state index in [1.54, 1.807) is 24.8 Å². The van der Waals surface area contributed by atoms with E-state index in [9.17, 15) is 4.39 Å². The molecule has 0 saturated carbocycles. The lowest BCUT2D eigenvalue weighted by molar-refractivity contribution is 0.162. The predicted molar refractivity (Wildman–Crippen MR) is 147 cm³/mol. The first-order valence-corrected chi connectivity index (χ1v) is 12.9. The Kier molecular flexibility index (Phi) is 5.74. The maximum atomic E-state index is 14.2. The Hall–Kier alpha value is -4.70. The van der Waals surface area contributed by atoms with E-state index in [0.717, 1.165) is 70.4 Å². The van der Waals surface area contributed by atoms with E-state index in [1.807, 2.05) is 31.2 Å². The van der Waals surface area contributed by atoms with E-state index in [-0.39, 0.29) is 11.9 Å². The fraction of sp³-hybridized carbons (Fsp3) is 0.207. The molecule has 0 atom stereocenters. The molecule has 10 heteroatoms. The summed E-state index contributed by atoms with van der Waals surface area (Å²) in [4.78, 5) is 21.5. The smallest absolute Gasteiger partial charge is 0.181 e. The third-order valence-electron chi connectivity index (χ3n) is 7.03. The minimum atomic E-state index is -0.285. The van der Waals surface area contributed by atoms with Gasteiger partial charge in [0, 0.05) is 35.3 Å². The van der Waals surface area contributed by atoms with Gasteiger partial charge in [0.05, 0.1) is 17.1 Å². The quantitative estimate of drug-likeness (QED) is 0.286. The van der Waals surface area contributed by atoms with Crippen LogP contribution in [0.25, 0.3) is 56.0 Å². The maximum Gasteiger partial charge on any atom is 0.181 e. The molecular formula is C29H25FN8O. The monoisotopic (exact) mass is 520 g/mol. The maximum absolute atomic E-state index is 14.2. The van der Waals surface area contributed by atoms with Gasteiger partial charge in [0.2, 0.25) is 0 Å². The van der Waals surface area contributed by atoms with Crippen molar-refractivity contribution in [3.8, 4) is 39.5 Å². The highest BCUT2D eigenvalue weighted by Gasteiger charge is 2.18. The number of benzene rings is 1. The molecule has 1 fully saturated rings. The van der Waals surface area contributed by atoms with Crippen molar-refractivity contribution in [1.29, 1.82) is 0 Å². The summed E-state index contributed by atoms with van der Waals surface area (Å²) in [6, 6.07) is 10.8. The molecule has 6 heterocycles. The minimum Gasteiger partial charge on any atom is -0.489 e. The zero-order valence-electron chi connectivity index (χ0n) is 21.2. The predicted octanol–water partition coefficient (Wildman–Crippen LogP) is 5.20. The lowest BCUT2D eigenvalue weighted by Crippen LogP contribution is -2.34. The molecule has 0 radical (unpaired) electrons. The number of aromatic amines is 2. The van der Waals surface area contributed by atoms with Crippen molar-refractivity contribution >= 4 is 22.2 Å². The fourth-order valence-electron chi connectivity index (χ4n) is 5.15. The molecule has 0 unspecified atom stereocenters. The number of piperidine rings is 1. The van der Waals surface area contributed by atoms with E-state index in [1.165, 1.54) is 12.1 Å². The molecule has 7 rings (SSSR count). The van der Waals surface area contributed by atoms with Crippen LogP contribution >= 0.6 is 0 Å². The molecule has 1 saturated heterocycles. The Morgan fingerprint density at radius 1 is 0.923 bits per heavy atom. The van der Waals surface area contributed by atoms with Crippen molar-refractivity contribution in [3.63, 3.8) is 0 Å². The van der Waals surface area contributed by atoms with Crippen LogP contribution < -0.4 is 10.1 Å². The molecule has 5 aromatic heterocycles. The minimum absolute atomic E-state index is 0.187. The van der Waals surface area contributed by atoms with Gasteiger partial charge < -0.3 is 15.0 Å². The first-order chi connectivity index (χ1) is 19.1. The van der Waals surface area contributed by atoms with Gasteiger partial charge in [-0.3, -0.25) is 10.1 Å². The molecule has 194 valence electrons. The van der Waals surface area contributed by atoms with E-state index in [0.29, 0.717) is 22.8 Å². The molecule has 0 bridgehead atoms. The number of fused-ring (bicyclic) bond motifs is 2. The van der Waals surface area contributed by atoms with Gasteiger partial charge in [0.15, 0.2) is 17.1 Å². The molecule has 3 N–H and O–H groups in total. The molecule has 0 amide bonds. The second kappa shape index (κ2) is 9.55. The Labute approximate surface area is 222 Å². The van der Waals surface area contributed by atoms with Crippen molar-refractivity contribution in [3.05, 3.63) is 72.6 Å². The van der Waals surface area contributed by atoms with Gasteiger partial charge in [-0.25, -0.2) is 19.3 Å². The van der Waals surface area contributed by atoms with Gasteiger partial charge in [-0.05, 0) is 74.3 Å². The number of nitrogens with zero attached hydrogens (tertiary/aromatic N) is 5. The number of hydrogen-bond acceptors (Lipinski definition) is 7. The van der Waals surface area contributed by atoms with Crippen LogP contribution in [-0.4, -0.2) is 54.3 Å². The van der Waals surface area contributed by atoms with Crippen molar-refractivity contribution in [2.45, 2.75) is 25.9 Å². The van der Waals surface area contributed by atoms with Crippen molar-refractivity contribution in [1.82, 2.24) is 40.4 Å². The van der Waals surface area contributed by atoms with Gasteiger partial charge in [-0.15, -0.1) is 0 Å². The van der Waals surface area contributed by atoms with Gasteiger partial charge in [0.25, 0.3) is 0 Å². The number of ether oxygens (including phenoxy) is 1. The summed E-state index contributed by atoms with van der Waals surface area (Å²) in [6.07, 6.45) is 9.15. The van der Waals surface area contributed by atoms with Gasteiger partial charge in [-0.1, -0.05) is 6.07 Å². The normalized spacial score (nSPS) is 14.3. The number of H-pyrrole nitrogens is 2. The number of aryl methyl sites for hydroxylation is 1. The third kappa shape index (κ3) is 4.48. The molecule has 0 aliphatic carbocycles. The molecule has 1 aliphatic heterocycles. The van der Waals surface area contributed by atoms with Crippen LogP contribution in [0.15, 0.2) is 61.2 Å². The summed E-state index contributed by atoms with van der Waals surface area (Å²) in [6.45, 7) is 3.79. The topological polar surface area (TPSA) is 117 Å². The van der Waals surface area contributed by atoms with E-state index in [4.69, 9.17) is 9.72 Å². The van der Waals surface area contributed by atoms with Crippen LogP contribution in [0.4, 0.5) is 4.39 Å². The highest BCUT2D eigenvalue weighted by atomic mass is 19.1. The summed E-state index contributed by atoms with van der Waals surface area (Å²) in [5.41, 5.74) is 6.71. The van der Waals surface area contributed by atoms with E-state index < -0.39 is 0 Å². The van der Waals surface area contributed by atoms with E-state index >= 15 is 0 Å². The molecule has 39 heavy (non-hydrogen) atoms. The molecule has 0 spiro atoms. The van der Waals surface area contributed by atoms with Gasteiger partial charge in [-0.2, -0.15) is 5.10 Å². The summed E-state index contributed by atoms with van der Waals surface area (Å²) in [7, 11) is 0. The first-order valence-electron chi connectivity index (χ1n) is 12.9. The SMILES string of the molecule is Cc1cc(F)cc(-c2ccnc3nc(-c4[nH]nc5ncc(-c6cncc(OC7CCNCC7)c6)cc45)[nH]c23)c1. The summed E-state index contributed by atoms with van der Waals surface area (Å²) >= 11 is 0. The molecular weight excluding hydrogens is 495 g/mol. The largest absolute Gasteiger partial charge is 0.489 e. The van der Waals surface area contributed by atoms with Crippen LogP contribution in [0.3, 0.4) is 0 Å². The van der Waals surface area contributed by atoms with Crippen molar-refractivity contribution in [2.75, 3.05) is 13.1 Å². The second-order valence-electron chi connectivity index (χ2n) is 9.83. The molecule has 6 aromatic rings.